The molecule has 2 heterocycles. The summed E-state index contributed by atoms with van der Waals surface area (Å²) in [6.45, 7) is 3.61. The molecule has 5 nitrogen and oxygen atoms in total. The van der Waals surface area contributed by atoms with E-state index in [1.807, 2.05) is 0 Å². The van der Waals surface area contributed by atoms with Crippen LogP contribution in [0.15, 0.2) is 11.1 Å². The summed E-state index contributed by atoms with van der Waals surface area (Å²) < 4.78 is 5.37. The molecule has 0 unspecified atom stereocenters. The monoisotopic (exact) mass is 243 g/mol. The van der Waals surface area contributed by atoms with E-state index in [2.05, 4.69) is 14.9 Å². The first-order valence-corrected chi connectivity index (χ1v) is 5.73. The number of nitrogens with zero attached hydrogens (tertiary/aromatic N) is 2. The van der Waals surface area contributed by atoms with Crippen LogP contribution in [-0.4, -0.2) is 41.1 Å². The highest BCUT2D eigenvalue weighted by Gasteiger charge is 2.12. The van der Waals surface area contributed by atoms with Crippen LogP contribution in [0, 0.1) is 0 Å². The first-order valence-electron chi connectivity index (χ1n) is 5.36. The van der Waals surface area contributed by atoms with Crippen molar-refractivity contribution >= 4 is 11.6 Å². The summed E-state index contributed by atoms with van der Waals surface area (Å²) in [7, 11) is 0. The molecule has 1 aliphatic rings. The molecule has 6 heteroatoms. The lowest BCUT2D eigenvalue weighted by Crippen LogP contribution is -2.25. The third-order valence-electron chi connectivity index (χ3n) is 2.61. The molecule has 16 heavy (non-hydrogen) atoms. The van der Waals surface area contributed by atoms with Gasteiger partial charge in [-0.15, -0.1) is 0 Å². The molecule has 0 aliphatic carbocycles. The van der Waals surface area contributed by atoms with Crippen molar-refractivity contribution in [1.29, 1.82) is 0 Å². The van der Waals surface area contributed by atoms with E-state index in [9.17, 15) is 4.79 Å². The van der Waals surface area contributed by atoms with Crippen molar-refractivity contribution in [2.24, 2.45) is 0 Å². The van der Waals surface area contributed by atoms with Crippen LogP contribution >= 0.6 is 11.6 Å². The second-order valence-electron chi connectivity index (χ2n) is 3.75. The lowest BCUT2D eigenvalue weighted by molar-refractivity contribution is 0.231. The van der Waals surface area contributed by atoms with E-state index < -0.39 is 0 Å². The average Bonchev–Trinajstić information content (AvgIpc) is 2.77. The van der Waals surface area contributed by atoms with Crippen molar-refractivity contribution in [2.45, 2.75) is 12.8 Å². The Morgan fingerprint density at radius 3 is 3.00 bits per heavy atom. The molecule has 0 amide bonds. The van der Waals surface area contributed by atoms with Crippen molar-refractivity contribution < 1.29 is 4.74 Å². The molecule has 0 radical (unpaired) electrons. The summed E-state index contributed by atoms with van der Waals surface area (Å²) in [4.78, 5) is 19.7. The first kappa shape index (κ1) is 11.4. The summed E-state index contributed by atoms with van der Waals surface area (Å²) in [5, 5.41) is 0.0175. The number of halogens is 1. The second-order valence-corrected chi connectivity index (χ2v) is 4.13. The van der Waals surface area contributed by atoms with E-state index in [1.54, 1.807) is 0 Å². The number of ether oxygens (including phenoxy) is 1. The van der Waals surface area contributed by atoms with Crippen LogP contribution in [0.2, 0.25) is 5.02 Å². The molecule has 0 atom stereocenters. The van der Waals surface area contributed by atoms with Crippen molar-refractivity contribution in [3.05, 3.63) is 21.7 Å². The Kier molecular flexibility index (Phi) is 3.79. The Morgan fingerprint density at radius 2 is 2.25 bits per heavy atom. The SMILES string of the molecule is O=c1[nH]cnc(OCCN2CCCC2)c1Cl. The fraction of sp³-hybridized carbons (Fsp3) is 0.600. The molecule has 0 bridgehead atoms. The van der Waals surface area contributed by atoms with Gasteiger partial charge in [0.15, 0.2) is 5.02 Å². The van der Waals surface area contributed by atoms with Crippen LogP contribution in [0.5, 0.6) is 5.88 Å². The van der Waals surface area contributed by atoms with E-state index >= 15 is 0 Å². The average molecular weight is 244 g/mol. The first-order chi connectivity index (χ1) is 7.77. The van der Waals surface area contributed by atoms with Gasteiger partial charge in [0.05, 0.1) is 6.33 Å². The summed E-state index contributed by atoms with van der Waals surface area (Å²) >= 11 is 5.74. The van der Waals surface area contributed by atoms with E-state index in [-0.39, 0.29) is 16.5 Å². The molecular formula is C10H14ClN3O2. The zero-order valence-electron chi connectivity index (χ0n) is 8.91. The zero-order chi connectivity index (χ0) is 11.4. The number of rotatable bonds is 4. The number of likely N-dealkylation sites (tertiary alicyclic amines) is 1. The molecule has 0 aromatic carbocycles. The Bertz CT molecular complexity index is 401. The summed E-state index contributed by atoms with van der Waals surface area (Å²) in [6, 6.07) is 0. The highest BCUT2D eigenvalue weighted by molar-refractivity contribution is 6.31. The fourth-order valence-electron chi connectivity index (χ4n) is 1.74. The highest BCUT2D eigenvalue weighted by atomic mass is 35.5. The Labute approximate surface area is 98.4 Å². The molecular weight excluding hydrogens is 230 g/mol. The Hall–Kier alpha value is -1.07. The third-order valence-corrected chi connectivity index (χ3v) is 2.94. The maximum atomic E-state index is 11.1. The lowest BCUT2D eigenvalue weighted by Gasteiger charge is -2.14. The van der Waals surface area contributed by atoms with Crippen molar-refractivity contribution in [1.82, 2.24) is 14.9 Å². The van der Waals surface area contributed by atoms with Crippen LogP contribution in [0.3, 0.4) is 0 Å². The third kappa shape index (κ3) is 2.74. The molecule has 1 aromatic heterocycles. The minimum absolute atomic E-state index is 0.0175. The van der Waals surface area contributed by atoms with Gasteiger partial charge in [-0.25, -0.2) is 4.98 Å². The zero-order valence-corrected chi connectivity index (χ0v) is 9.66. The maximum Gasteiger partial charge on any atom is 0.273 e. The number of hydrogen-bond acceptors (Lipinski definition) is 4. The number of aromatic nitrogens is 2. The Morgan fingerprint density at radius 1 is 1.50 bits per heavy atom. The van der Waals surface area contributed by atoms with Crippen LogP contribution in [0.25, 0.3) is 0 Å². The minimum atomic E-state index is -0.368. The minimum Gasteiger partial charge on any atom is -0.475 e. The summed E-state index contributed by atoms with van der Waals surface area (Å²) in [5.41, 5.74) is -0.368. The molecule has 1 aromatic rings. The molecule has 0 spiro atoms. The van der Waals surface area contributed by atoms with Gasteiger partial charge in [0.25, 0.3) is 5.56 Å². The molecule has 2 rings (SSSR count). The topological polar surface area (TPSA) is 58.2 Å². The predicted molar refractivity (Wildman–Crippen MR) is 61.0 cm³/mol. The standard InChI is InChI=1S/C10H14ClN3O2/c11-8-9(15)12-7-13-10(8)16-6-5-14-3-1-2-4-14/h7H,1-6H2,(H,12,13,15). The van der Waals surface area contributed by atoms with Gasteiger partial charge in [-0.3, -0.25) is 9.69 Å². The molecule has 1 aliphatic heterocycles. The quantitative estimate of drug-likeness (QED) is 0.854. The van der Waals surface area contributed by atoms with Crippen molar-refractivity contribution in [3.63, 3.8) is 0 Å². The van der Waals surface area contributed by atoms with Crippen LogP contribution in [0.4, 0.5) is 0 Å². The van der Waals surface area contributed by atoms with Gasteiger partial charge >= 0.3 is 0 Å². The van der Waals surface area contributed by atoms with Gasteiger partial charge in [-0.05, 0) is 25.9 Å². The van der Waals surface area contributed by atoms with Gasteiger partial charge < -0.3 is 9.72 Å². The largest absolute Gasteiger partial charge is 0.475 e. The van der Waals surface area contributed by atoms with E-state index in [1.165, 1.54) is 19.2 Å². The molecule has 1 N–H and O–H groups in total. The van der Waals surface area contributed by atoms with E-state index in [0.717, 1.165) is 19.6 Å². The van der Waals surface area contributed by atoms with Gasteiger partial charge in [0, 0.05) is 6.54 Å². The van der Waals surface area contributed by atoms with Gasteiger partial charge in [0.2, 0.25) is 5.88 Å². The van der Waals surface area contributed by atoms with Crippen LogP contribution in [0.1, 0.15) is 12.8 Å². The highest BCUT2D eigenvalue weighted by Crippen LogP contribution is 2.15. The number of aromatic amines is 1. The van der Waals surface area contributed by atoms with Gasteiger partial charge in [-0.2, -0.15) is 0 Å². The maximum absolute atomic E-state index is 11.1. The summed E-state index contributed by atoms with van der Waals surface area (Å²) in [5.74, 6) is 0.213. The van der Waals surface area contributed by atoms with Crippen LogP contribution < -0.4 is 10.3 Å². The van der Waals surface area contributed by atoms with Gasteiger partial charge in [-0.1, -0.05) is 11.6 Å². The molecule has 0 saturated carbocycles. The van der Waals surface area contributed by atoms with Crippen molar-refractivity contribution in [2.75, 3.05) is 26.2 Å². The number of H-pyrrole nitrogens is 1. The van der Waals surface area contributed by atoms with E-state index in [4.69, 9.17) is 16.3 Å². The fourth-order valence-corrected chi connectivity index (χ4v) is 1.90. The predicted octanol–water partition coefficient (Wildman–Crippen LogP) is 0.898. The van der Waals surface area contributed by atoms with Crippen LogP contribution in [-0.2, 0) is 0 Å². The molecule has 88 valence electrons. The van der Waals surface area contributed by atoms with E-state index in [0.29, 0.717) is 6.61 Å². The van der Waals surface area contributed by atoms with Crippen molar-refractivity contribution in [3.8, 4) is 5.88 Å². The Balaban J connectivity index is 1.84. The molecule has 1 fully saturated rings. The molecule has 1 saturated heterocycles. The van der Waals surface area contributed by atoms with Gasteiger partial charge in [0.1, 0.15) is 6.61 Å². The smallest absolute Gasteiger partial charge is 0.273 e. The lowest BCUT2D eigenvalue weighted by atomic mass is 10.4. The summed E-state index contributed by atoms with van der Waals surface area (Å²) in [6.07, 6.45) is 3.80. The normalized spacial score (nSPS) is 16.6. The number of nitrogens with one attached hydrogen (secondary N) is 1. The number of hydrogen-bond donors (Lipinski definition) is 1. The second kappa shape index (κ2) is 5.32.